The van der Waals surface area contributed by atoms with Gasteiger partial charge >= 0.3 is 0 Å². The first kappa shape index (κ1) is 12.4. The van der Waals surface area contributed by atoms with Crippen LogP contribution in [0.4, 0.5) is 0 Å². The van der Waals surface area contributed by atoms with Crippen LogP contribution >= 0.6 is 0 Å². The molecule has 2 aliphatic rings. The molecule has 0 radical (unpaired) electrons. The topological polar surface area (TPSA) is 15.3 Å². The molecule has 0 aromatic rings. The Bertz CT molecular complexity index is 205. The highest BCUT2D eigenvalue weighted by Gasteiger charge is 2.33. The monoisotopic (exact) mass is 224 g/mol. The lowest BCUT2D eigenvalue weighted by molar-refractivity contribution is 0.0671. The fourth-order valence-corrected chi connectivity index (χ4v) is 3.41. The van der Waals surface area contributed by atoms with Gasteiger partial charge in [-0.1, -0.05) is 25.7 Å². The summed E-state index contributed by atoms with van der Waals surface area (Å²) in [6.45, 7) is 8.49. The molecule has 0 amide bonds. The van der Waals surface area contributed by atoms with E-state index in [1.165, 1.54) is 64.6 Å². The Morgan fingerprint density at radius 2 is 1.69 bits per heavy atom. The molecule has 0 aromatic carbocycles. The molecule has 2 rings (SSSR count). The summed E-state index contributed by atoms with van der Waals surface area (Å²) < 4.78 is 0. The van der Waals surface area contributed by atoms with E-state index in [1.54, 1.807) is 0 Å². The lowest BCUT2D eigenvalue weighted by Gasteiger charge is -2.42. The summed E-state index contributed by atoms with van der Waals surface area (Å²) in [5.41, 5.74) is 0.401. The van der Waals surface area contributed by atoms with Gasteiger partial charge in [-0.15, -0.1) is 0 Å². The van der Waals surface area contributed by atoms with Crippen LogP contribution in [0, 0.1) is 0 Å². The van der Waals surface area contributed by atoms with Crippen molar-refractivity contribution in [3.05, 3.63) is 0 Å². The van der Waals surface area contributed by atoms with Crippen molar-refractivity contribution in [2.24, 2.45) is 0 Å². The van der Waals surface area contributed by atoms with Gasteiger partial charge in [0.2, 0.25) is 0 Å². The fourth-order valence-electron chi connectivity index (χ4n) is 3.41. The van der Waals surface area contributed by atoms with Crippen molar-refractivity contribution in [2.75, 3.05) is 19.6 Å². The van der Waals surface area contributed by atoms with Gasteiger partial charge in [-0.05, 0) is 39.7 Å². The van der Waals surface area contributed by atoms with Crippen LogP contribution in [0.5, 0.6) is 0 Å². The van der Waals surface area contributed by atoms with Gasteiger partial charge in [-0.25, -0.2) is 0 Å². The highest BCUT2D eigenvalue weighted by atomic mass is 15.2. The van der Waals surface area contributed by atoms with Crippen molar-refractivity contribution >= 4 is 0 Å². The molecule has 2 nitrogen and oxygen atoms in total. The smallest absolute Gasteiger partial charge is 0.0168 e. The molecule has 1 aliphatic heterocycles. The second-order valence-electron chi connectivity index (χ2n) is 6.15. The Labute approximate surface area is 101 Å². The van der Waals surface area contributed by atoms with Gasteiger partial charge in [0.15, 0.2) is 0 Å². The maximum atomic E-state index is 3.55. The van der Waals surface area contributed by atoms with Crippen LogP contribution in [0.3, 0.4) is 0 Å². The van der Waals surface area contributed by atoms with E-state index in [9.17, 15) is 0 Å². The van der Waals surface area contributed by atoms with Gasteiger partial charge in [0.05, 0.1) is 0 Å². The van der Waals surface area contributed by atoms with E-state index in [1.807, 2.05) is 0 Å². The minimum absolute atomic E-state index is 0.401. The van der Waals surface area contributed by atoms with Gasteiger partial charge in [-0.3, -0.25) is 4.90 Å². The molecule has 0 bridgehead atoms. The SMILES string of the molecule is CC1(C)CCNCCN1C1CCCCCC1. The van der Waals surface area contributed by atoms with E-state index in [2.05, 4.69) is 24.1 Å². The quantitative estimate of drug-likeness (QED) is 0.689. The number of rotatable bonds is 1. The fraction of sp³-hybridized carbons (Fsp3) is 1.00. The number of hydrogen-bond acceptors (Lipinski definition) is 2. The number of nitrogens with zero attached hydrogens (tertiary/aromatic N) is 1. The molecule has 0 unspecified atom stereocenters. The average Bonchev–Trinajstić information content (AvgIpc) is 2.58. The summed E-state index contributed by atoms with van der Waals surface area (Å²) in [5, 5.41) is 3.55. The molecule has 1 saturated carbocycles. The van der Waals surface area contributed by atoms with Crippen LogP contribution in [-0.4, -0.2) is 36.1 Å². The Morgan fingerprint density at radius 1 is 1.00 bits per heavy atom. The molecule has 0 spiro atoms. The van der Waals surface area contributed by atoms with Crippen LogP contribution in [0.15, 0.2) is 0 Å². The first-order chi connectivity index (χ1) is 7.70. The first-order valence-corrected chi connectivity index (χ1v) is 7.18. The zero-order valence-corrected chi connectivity index (χ0v) is 11.1. The largest absolute Gasteiger partial charge is 0.315 e. The van der Waals surface area contributed by atoms with E-state index in [0.29, 0.717) is 5.54 Å². The van der Waals surface area contributed by atoms with Gasteiger partial charge in [0.25, 0.3) is 0 Å². The third kappa shape index (κ3) is 2.98. The molecular weight excluding hydrogens is 196 g/mol. The zero-order valence-electron chi connectivity index (χ0n) is 11.1. The lowest BCUT2D eigenvalue weighted by Crippen LogP contribution is -2.50. The molecule has 0 aromatic heterocycles. The van der Waals surface area contributed by atoms with Crippen LogP contribution in [0.25, 0.3) is 0 Å². The molecule has 2 fully saturated rings. The third-order valence-electron chi connectivity index (χ3n) is 4.49. The van der Waals surface area contributed by atoms with E-state index >= 15 is 0 Å². The van der Waals surface area contributed by atoms with Gasteiger partial charge in [0.1, 0.15) is 0 Å². The molecule has 1 N–H and O–H groups in total. The Balaban J connectivity index is 2.02. The minimum Gasteiger partial charge on any atom is -0.315 e. The van der Waals surface area contributed by atoms with E-state index in [-0.39, 0.29) is 0 Å². The standard InChI is InChI=1S/C14H28N2/c1-14(2)9-10-15-11-12-16(14)13-7-5-3-4-6-8-13/h13,15H,3-12H2,1-2H3. The predicted octanol–water partition coefficient (Wildman–Crippen LogP) is 2.78. The maximum absolute atomic E-state index is 3.55. The summed E-state index contributed by atoms with van der Waals surface area (Å²) in [7, 11) is 0. The highest BCUT2D eigenvalue weighted by Crippen LogP contribution is 2.29. The van der Waals surface area contributed by atoms with Gasteiger partial charge in [0, 0.05) is 24.7 Å². The predicted molar refractivity (Wildman–Crippen MR) is 69.8 cm³/mol. The second-order valence-corrected chi connectivity index (χ2v) is 6.15. The van der Waals surface area contributed by atoms with Crippen LogP contribution in [0.2, 0.25) is 0 Å². The van der Waals surface area contributed by atoms with E-state index in [0.717, 1.165) is 6.04 Å². The number of hydrogen-bond donors (Lipinski definition) is 1. The summed E-state index contributed by atoms with van der Waals surface area (Å²) in [6.07, 6.45) is 9.98. The summed E-state index contributed by atoms with van der Waals surface area (Å²) in [5.74, 6) is 0. The highest BCUT2D eigenvalue weighted by molar-refractivity contribution is 4.90. The molecule has 1 heterocycles. The Morgan fingerprint density at radius 3 is 2.38 bits per heavy atom. The maximum Gasteiger partial charge on any atom is 0.0168 e. The van der Waals surface area contributed by atoms with Crippen LogP contribution < -0.4 is 5.32 Å². The molecular formula is C14H28N2. The number of nitrogens with one attached hydrogen (secondary N) is 1. The Kier molecular flexibility index (Phi) is 4.26. The van der Waals surface area contributed by atoms with Crippen molar-refractivity contribution in [2.45, 2.75) is 70.4 Å². The van der Waals surface area contributed by atoms with Crippen LogP contribution in [-0.2, 0) is 0 Å². The molecule has 2 heteroatoms. The Hall–Kier alpha value is -0.0800. The van der Waals surface area contributed by atoms with E-state index in [4.69, 9.17) is 0 Å². The van der Waals surface area contributed by atoms with Gasteiger partial charge in [-0.2, -0.15) is 0 Å². The average molecular weight is 224 g/mol. The molecule has 94 valence electrons. The van der Waals surface area contributed by atoms with Crippen molar-refractivity contribution in [3.8, 4) is 0 Å². The van der Waals surface area contributed by atoms with Crippen molar-refractivity contribution in [1.29, 1.82) is 0 Å². The van der Waals surface area contributed by atoms with Crippen molar-refractivity contribution < 1.29 is 0 Å². The molecule has 0 atom stereocenters. The van der Waals surface area contributed by atoms with E-state index < -0.39 is 0 Å². The first-order valence-electron chi connectivity index (χ1n) is 7.18. The normalized spacial score (nSPS) is 29.6. The lowest BCUT2D eigenvalue weighted by atomic mass is 9.94. The van der Waals surface area contributed by atoms with Crippen molar-refractivity contribution in [3.63, 3.8) is 0 Å². The third-order valence-corrected chi connectivity index (χ3v) is 4.49. The minimum atomic E-state index is 0.401. The van der Waals surface area contributed by atoms with Crippen molar-refractivity contribution in [1.82, 2.24) is 10.2 Å². The summed E-state index contributed by atoms with van der Waals surface area (Å²) in [4.78, 5) is 2.80. The van der Waals surface area contributed by atoms with Crippen LogP contribution in [0.1, 0.15) is 58.8 Å². The second kappa shape index (κ2) is 5.50. The zero-order chi connectivity index (χ0) is 11.4. The summed E-state index contributed by atoms with van der Waals surface area (Å²) in [6, 6.07) is 0.859. The summed E-state index contributed by atoms with van der Waals surface area (Å²) >= 11 is 0. The molecule has 1 aliphatic carbocycles. The van der Waals surface area contributed by atoms with Gasteiger partial charge < -0.3 is 5.32 Å². The molecule has 16 heavy (non-hydrogen) atoms. The molecule has 1 saturated heterocycles.